The number of alkyl halides is 4. The Kier molecular flexibility index (Phi) is 3.73. The summed E-state index contributed by atoms with van der Waals surface area (Å²) in [5.74, 6) is -6.65. The van der Waals surface area contributed by atoms with Gasteiger partial charge in [0, 0.05) is 6.54 Å². The van der Waals surface area contributed by atoms with Crippen LogP contribution in [0.1, 0.15) is 19.3 Å². The van der Waals surface area contributed by atoms with E-state index >= 15 is 0 Å². The standard InChI is InChI=1S/C9H10F4N2O/c10-7(11)9(12,13)8(16)15-4-2-1-3-6(15)5-14/h6-7H,1-4H2. The number of nitriles is 1. The van der Waals surface area contributed by atoms with Gasteiger partial charge >= 0.3 is 12.3 Å². The van der Waals surface area contributed by atoms with Crippen molar-refractivity contribution in [2.24, 2.45) is 0 Å². The van der Waals surface area contributed by atoms with E-state index in [-0.39, 0.29) is 13.0 Å². The topological polar surface area (TPSA) is 44.1 Å². The van der Waals surface area contributed by atoms with Gasteiger partial charge in [-0.1, -0.05) is 0 Å². The zero-order valence-electron chi connectivity index (χ0n) is 8.30. The largest absolute Gasteiger partial charge is 0.383 e. The lowest BCUT2D eigenvalue weighted by Gasteiger charge is -2.33. The summed E-state index contributed by atoms with van der Waals surface area (Å²) in [6.45, 7) is -0.0701. The first-order valence-corrected chi connectivity index (χ1v) is 4.78. The highest BCUT2D eigenvalue weighted by Crippen LogP contribution is 2.28. The molecule has 0 aromatic carbocycles. The molecule has 0 aromatic heterocycles. The predicted molar refractivity (Wildman–Crippen MR) is 45.9 cm³/mol. The van der Waals surface area contributed by atoms with Crippen LogP contribution < -0.4 is 0 Å². The molecule has 90 valence electrons. The number of hydrogen-bond donors (Lipinski definition) is 0. The maximum absolute atomic E-state index is 12.8. The summed E-state index contributed by atoms with van der Waals surface area (Å²) < 4.78 is 49.5. The summed E-state index contributed by atoms with van der Waals surface area (Å²) in [6, 6.07) is 0.650. The third-order valence-electron chi connectivity index (χ3n) is 2.47. The van der Waals surface area contributed by atoms with Crippen molar-refractivity contribution in [3.05, 3.63) is 0 Å². The minimum Gasteiger partial charge on any atom is -0.321 e. The molecular formula is C9H10F4N2O. The molecule has 16 heavy (non-hydrogen) atoms. The van der Waals surface area contributed by atoms with Crippen molar-refractivity contribution in [3.63, 3.8) is 0 Å². The molecule has 0 saturated carbocycles. The Bertz CT molecular complexity index is 313. The molecule has 1 aliphatic rings. The summed E-state index contributed by atoms with van der Waals surface area (Å²) >= 11 is 0. The Morgan fingerprint density at radius 1 is 1.44 bits per heavy atom. The van der Waals surface area contributed by atoms with Crippen LogP contribution >= 0.6 is 0 Å². The average Bonchev–Trinajstić information content (AvgIpc) is 2.27. The first-order chi connectivity index (χ1) is 7.41. The van der Waals surface area contributed by atoms with Gasteiger partial charge in [-0.2, -0.15) is 14.0 Å². The van der Waals surface area contributed by atoms with Crippen LogP contribution in [-0.2, 0) is 4.79 Å². The molecule has 1 unspecified atom stereocenters. The van der Waals surface area contributed by atoms with Crippen LogP contribution in [0.2, 0.25) is 0 Å². The lowest BCUT2D eigenvalue weighted by atomic mass is 10.0. The van der Waals surface area contributed by atoms with Gasteiger partial charge in [0.1, 0.15) is 6.04 Å². The second-order valence-electron chi connectivity index (χ2n) is 3.56. The fourth-order valence-corrected chi connectivity index (χ4v) is 1.59. The van der Waals surface area contributed by atoms with Gasteiger partial charge in [-0.25, -0.2) is 8.78 Å². The van der Waals surface area contributed by atoms with E-state index in [1.165, 1.54) is 0 Å². The molecule has 3 nitrogen and oxygen atoms in total. The Labute approximate surface area is 89.6 Å². The number of carbonyl (C=O) groups excluding carboxylic acids is 1. The number of likely N-dealkylation sites (tertiary alicyclic amines) is 1. The molecule has 1 aliphatic heterocycles. The van der Waals surface area contributed by atoms with Crippen molar-refractivity contribution in [1.82, 2.24) is 4.90 Å². The molecule has 1 fully saturated rings. The highest BCUT2D eigenvalue weighted by Gasteiger charge is 2.52. The van der Waals surface area contributed by atoms with Gasteiger partial charge in [-0.3, -0.25) is 4.79 Å². The van der Waals surface area contributed by atoms with Crippen molar-refractivity contribution in [2.45, 2.75) is 37.7 Å². The highest BCUT2D eigenvalue weighted by molar-refractivity contribution is 5.84. The maximum Gasteiger partial charge on any atom is 0.383 e. The third-order valence-corrected chi connectivity index (χ3v) is 2.47. The predicted octanol–water partition coefficient (Wildman–Crippen LogP) is 1.79. The number of rotatable bonds is 2. The first kappa shape index (κ1) is 12.7. The van der Waals surface area contributed by atoms with Crippen molar-refractivity contribution in [3.8, 4) is 6.07 Å². The monoisotopic (exact) mass is 238 g/mol. The van der Waals surface area contributed by atoms with Crippen molar-refractivity contribution < 1.29 is 22.4 Å². The average molecular weight is 238 g/mol. The van der Waals surface area contributed by atoms with Crippen molar-refractivity contribution in [1.29, 1.82) is 5.26 Å². The molecule has 1 saturated heterocycles. The van der Waals surface area contributed by atoms with Crippen LogP contribution in [0.5, 0.6) is 0 Å². The van der Waals surface area contributed by atoms with Crippen LogP contribution in [0, 0.1) is 11.3 Å². The zero-order valence-corrected chi connectivity index (χ0v) is 8.30. The molecule has 0 N–H and O–H groups in total. The minimum atomic E-state index is -4.70. The van der Waals surface area contributed by atoms with Crippen LogP contribution in [-0.4, -0.2) is 35.7 Å². The van der Waals surface area contributed by atoms with E-state index in [4.69, 9.17) is 5.26 Å². The number of halogens is 4. The fourth-order valence-electron chi connectivity index (χ4n) is 1.59. The summed E-state index contributed by atoms with van der Waals surface area (Å²) in [7, 11) is 0. The van der Waals surface area contributed by atoms with E-state index in [0.717, 1.165) is 0 Å². The molecule has 1 rings (SSSR count). The molecule has 0 radical (unpaired) electrons. The van der Waals surface area contributed by atoms with E-state index in [0.29, 0.717) is 17.7 Å². The van der Waals surface area contributed by atoms with Crippen molar-refractivity contribution in [2.75, 3.05) is 6.54 Å². The normalized spacial score (nSPS) is 22.0. The summed E-state index contributed by atoms with van der Waals surface area (Å²) in [6.07, 6.45) is -2.71. The number of hydrogen-bond acceptors (Lipinski definition) is 2. The highest BCUT2D eigenvalue weighted by atomic mass is 19.3. The number of nitrogens with zero attached hydrogens (tertiary/aromatic N) is 2. The van der Waals surface area contributed by atoms with Gasteiger partial charge in [0.05, 0.1) is 6.07 Å². The van der Waals surface area contributed by atoms with Gasteiger partial charge in [-0.15, -0.1) is 0 Å². The maximum atomic E-state index is 12.8. The Hall–Kier alpha value is -1.32. The molecule has 0 aliphatic carbocycles. The smallest absolute Gasteiger partial charge is 0.321 e. The molecule has 1 atom stereocenters. The van der Waals surface area contributed by atoms with Crippen LogP contribution in [0.25, 0.3) is 0 Å². The van der Waals surface area contributed by atoms with E-state index in [1.54, 1.807) is 6.07 Å². The van der Waals surface area contributed by atoms with Crippen molar-refractivity contribution >= 4 is 5.91 Å². The zero-order chi connectivity index (χ0) is 12.3. The summed E-state index contributed by atoms with van der Waals surface area (Å²) in [5.41, 5.74) is 0. The fraction of sp³-hybridized carbons (Fsp3) is 0.778. The number of carbonyl (C=O) groups is 1. The molecular weight excluding hydrogens is 228 g/mol. The quantitative estimate of drug-likeness (QED) is 0.688. The second-order valence-corrected chi connectivity index (χ2v) is 3.56. The lowest BCUT2D eigenvalue weighted by Crippen LogP contribution is -2.53. The molecule has 7 heteroatoms. The second kappa shape index (κ2) is 4.68. The van der Waals surface area contributed by atoms with Crippen LogP contribution in [0.15, 0.2) is 0 Å². The Balaban J connectivity index is 2.83. The van der Waals surface area contributed by atoms with Crippen LogP contribution in [0.4, 0.5) is 17.6 Å². The van der Waals surface area contributed by atoms with Gasteiger partial charge in [0.15, 0.2) is 0 Å². The van der Waals surface area contributed by atoms with E-state index in [2.05, 4.69) is 0 Å². The molecule has 0 aromatic rings. The van der Waals surface area contributed by atoms with Gasteiger partial charge in [0.2, 0.25) is 0 Å². The molecule has 0 bridgehead atoms. The minimum absolute atomic E-state index is 0.0701. The lowest BCUT2D eigenvalue weighted by molar-refractivity contribution is -0.182. The number of piperidine rings is 1. The van der Waals surface area contributed by atoms with E-state index < -0.39 is 24.3 Å². The van der Waals surface area contributed by atoms with Gasteiger partial charge in [0.25, 0.3) is 5.91 Å². The van der Waals surface area contributed by atoms with Gasteiger partial charge < -0.3 is 4.90 Å². The Morgan fingerprint density at radius 3 is 2.56 bits per heavy atom. The summed E-state index contributed by atoms with van der Waals surface area (Å²) in [5, 5.41) is 8.64. The summed E-state index contributed by atoms with van der Waals surface area (Å²) in [4.78, 5) is 11.7. The molecule has 1 heterocycles. The molecule has 0 spiro atoms. The van der Waals surface area contributed by atoms with E-state index in [9.17, 15) is 22.4 Å². The third kappa shape index (κ3) is 2.26. The van der Waals surface area contributed by atoms with Gasteiger partial charge in [-0.05, 0) is 19.3 Å². The molecule has 1 amide bonds. The SMILES string of the molecule is N#CC1CCCCN1C(=O)C(F)(F)C(F)F. The Morgan fingerprint density at radius 2 is 2.06 bits per heavy atom. The van der Waals surface area contributed by atoms with Crippen LogP contribution in [0.3, 0.4) is 0 Å². The first-order valence-electron chi connectivity index (χ1n) is 4.78. The number of amides is 1. The van der Waals surface area contributed by atoms with E-state index in [1.807, 2.05) is 0 Å².